The molecule has 1 unspecified atom stereocenters. The van der Waals surface area contributed by atoms with E-state index in [1.165, 1.54) is 24.9 Å². The average Bonchev–Trinajstić information content (AvgIpc) is 2.94. The molecule has 0 radical (unpaired) electrons. The predicted molar refractivity (Wildman–Crippen MR) is 81.2 cm³/mol. The molecule has 2 heterocycles. The monoisotopic (exact) mass is 348 g/mol. The SMILES string of the molecule is Cl.Fc1ccc(CN2CCC3(CCNC3)C2)c(Br)c1. The molecular formula is C14H19BrClFN2. The van der Waals surface area contributed by atoms with E-state index < -0.39 is 0 Å². The molecular weight excluding hydrogens is 331 g/mol. The van der Waals surface area contributed by atoms with Gasteiger partial charge in [0.15, 0.2) is 0 Å². The van der Waals surface area contributed by atoms with Crippen LogP contribution in [0.25, 0.3) is 0 Å². The Morgan fingerprint density at radius 2 is 2.21 bits per heavy atom. The molecule has 1 spiro atoms. The molecule has 2 aliphatic heterocycles. The summed E-state index contributed by atoms with van der Waals surface area (Å²) in [6.07, 6.45) is 2.59. The summed E-state index contributed by atoms with van der Waals surface area (Å²) in [6.45, 7) is 5.57. The molecule has 1 aromatic carbocycles. The van der Waals surface area contributed by atoms with Gasteiger partial charge in [-0.05, 0) is 49.0 Å². The van der Waals surface area contributed by atoms with Crippen molar-refractivity contribution in [2.45, 2.75) is 19.4 Å². The third-order valence-electron chi connectivity index (χ3n) is 4.26. The number of nitrogens with one attached hydrogen (secondary N) is 1. The smallest absolute Gasteiger partial charge is 0.124 e. The highest BCUT2D eigenvalue weighted by Gasteiger charge is 2.40. The molecule has 0 saturated carbocycles. The molecule has 2 saturated heterocycles. The second-order valence-electron chi connectivity index (χ2n) is 5.62. The molecule has 2 fully saturated rings. The van der Waals surface area contributed by atoms with Crippen LogP contribution in [0.15, 0.2) is 22.7 Å². The molecule has 0 aliphatic carbocycles. The molecule has 106 valence electrons. The number of halogens is 3. The number of hydrogen-bond donors (Lipinski definition) is 1. The molecule has 3 rings (SSSR count). The fraction of sp³-hybridized carbons (Fsp3) is 0.571. The van der Waals surface area contributed by atoms with E-state index in [0.29, 0.717) is 5.41 Å². The van der Waals surface area contributed by atoms with Crippen molar-refractivity contribution in [3.8, 4) is 0 Å². The van der Waals surface area contributed by atoms with Crippen LogP contribution in [-0.4, -0.2) is 31.1 Å². The molecule has 0 bridgehead atoms. The zero-order valence-corrected chi connectivity index (χ0v) is 13.2. The van der Waals surface area contributed by atoms with Crippen molar-refractivity contribution in [3.63, 3.8) is 0 Å². The summed E-state index contributed by atoms with van der Waals surface area (Å²) in [5, 5.41) is 3.47. The molecule has 1 N–H and O–H groups in total. The minimum Gasteiger partial charge on any atom is -0.316 e. The second kappa shape index (κ2) is 6.08. The van der Waals surface area contributed by atoms with Gasteiger partial charge in [-0.3, -0.25) is 4.90 Å². The average molecular weight is 350 g/mol. The maximum Gasteiger partial charge on any atom is 0.124 e. The van der Waals surface area contributed by atoms with Gasteiger partial charge in [0.05, 0.1) is 0 Å². The third-order valence-corrected chi connectivity index (χ3v) is 5.00. The van der Waals surface area contributed by atoms with Crippen molar-refractivity contribution >= 4 is 28.3 Å². The fourth-order valence-electron chi connectivity index (χ4n) is 3.20. The number of likely N-dealkylation sites (tertiary alicyclic amines) is 1. The lowest BCUT2D eigenvalue weighted by atomic mass is 9.86. The molecule has 1 atom stereocenters. The first-order chi connectivity index (χ1) is 8.67. The lowest BCUT2D eigenvalue weighted by Crippen LogP contribution is -2.29. The summed E-state index contributed by atoms with van der Waals surface area (Å²) >= 11 is 3.45. The zero-order chi connectivity index (χ0) is 12.6. The Balaban J connectivity index is 0.00000133. The highest BCUT2D eigenvalue weighted by Crippen LogP contribution is 2.37. The Labute approximate surface area is 128 Å². The summed E-state index contributed by atoms with van der Waals surface area (Å²) in [6, 6.07) is 4.98. The zero-order valence-electron chi connectivity index (χ0n) is 10.8. The van der Waals surface area contributed by atoms with Crippen LogP contribution in [0.4, 0.5) is 4.39 Å². The number of benzene rings is 1. The molecule has 1 aromatic rings. The van der Waals surface area contributed by atoms with Crippen molar-refractivity contribution in [2.24, 2.45) is 5.41 Å². The maximum absolute atomic E-state index is 13.0. The van der Waals surface area contributed by atoms with Crippen molar-refractivity contribution in [1.29, 1.82) is 0 Å². The minimum atomic E-state index is -0.177. The van der Waals surface area contributed by atoms with Crippen molar-refractivity contribution < 1.29 is 4.39 Å². The van der Waals surface area contributed by atoms with Gasteiger partial charge in [-0.1, -0.05) is 22.0 Å². The highest BCUT2D eigenvalue weighted by atomic mass is 79.9. The highest BCUT2D eigenvalue weighted by molar-refractivity contribution is 9.10. The van der Waals surface area contributed by atoms with Gasteiger partial charge in [0, 0.05) is 24.1 Å². The van der Waals surface area contributed by atoms with Crippen LogP contribution < -0.4 is 5.32 Å². The van der Waals surface area contributed by atoms with E-state index in [1.54, 1.807) is 12.1 Å². The van der Waals surface area contributed by atoms with Crippen LogP contribution in [0, 0.1) is 11.2 Å². The topological polar surface area (TPSA) is 15.3 Å². The minimum absolute atomic E-state index is 0. The van der Waals surface area contributed by atoms with Gasteiger partial charge >= 0.3 is 0 Å². The van der Waals surface area contributed by atoms with Gasteiger partial charge in [-0.15, -0.1) is 12.4 Å². The van der Waals surface area contributed by atoms with E-state index >= 15 is 0 Å². The van der Waals surface area contributed by atoms with Crippen molar-refractivity contribution in [2.75, 3.05) is 26.2 Å². The number of hydrogen-bond acceptors (Lipinski definition) is 2. The first-order valence-electron chi connectivity index (χ1n) is 6.54. The summed E-state index contributed by atoms with van der Waals surface area (Å²) in [5.74, 6) is -0.177. The lowest BCUT2D eigenvalue weighted by Gasteiger charge is -2.23. The maximum atomic E-state index is 13.0. The summed E-state index contributed by atoms with van der Waals surface area (Å²) in [7, 11) is 0. The first-order valence-corrected chi connectivity index (χ1v) is 7.33. The van der Waals surface area contributed by atoms with Crippen molar-refractivity contribution in [1.82, 2.24) is 10.2 Å². The normalized spacial score (nSPS) is 26.8. The van der Waals surface area contributed by atoms with E-state index in [-0.39, 0.29) is 18.2 Å². The van der Waals surface area contributed by atoms with E-state index in [2.05, 4.69) is 26.1 Å². The van der Waals surface area contributed by atoms with Gasteiger partial charge in [0.2, 0.25) is 0 Å². The van der Waals surface area contributed by atoms with Gasteiger partial charge in [-0.25, -0.2) is 4.39 Å². The Bertz CT molecular complexity index is 449. The molecule has 5 heteroatoms. The van der Waals surface area contributed by atoms with Gasteiger partial charge in [-0.2, -0.15) is 0 Å². The van der Waals surface area contributed by atoms with E-state index in [9.17, 15) is 4.39 Å². The van der Waals surface area contributed by atoms with Gasteiger partial charge in [0.25, 0.3) is 0 Å². The van der Waals surface area contributed by atoms with Gasteiger partial charge < -0.3 is 5.32 Å². The van der Waals surface area contributed by atoms with Crippen LogP contribution in [0.2, 0.25) is 0 Å². The standard InChI is InChI=1S/C14H18BrFN2.ClH/c15-13-7-12(16)2-1-11(13)8-18-6-4-14(10-18)3-5-17-9-14;/h1-2,7,17H,3-6,8-10H2;1H. The van der Waals surface area contributed by atoms with Crippen LogP contribution in [-0.2, 0) is 6.54 Å². The van der Waals surface area contributed by atoms with Crippen LogP contribution in [0.1, 0.15) is 18.4 Å². The molecule has 2 nitrogen and oxygen atoms in total. The van der Waals surface area contributed by atoms with E-state index in [0.717, 1.165) is 30.7 Å². The van der Waals surface area contributed by atoms with Crippen molar-refractivity contribution in [3.05, 3.63) is 34.1 Å². The van der Waals surface area contributed by atoms with E-state index in [1.807, 2.05) is 6.07 Å². The Hall–Kier alpha value is -0.160. The first kappa shape index (κ1) is 15.2. The summed E-state index contributed by atoms with van der Waals surface area (Å²) in [4.78, 5) is 2.49. The van der Waals surface area contributed by atoms with Crippen LogP contribution in [0.3, 0.4) is 0 Å². The Kier molecular flexibility index (Phi) is 4.88. The quantitative estimate of drug-likeness (QED) is 0.882. The number of nitrogens with zero attached hydrogens (tertiary/aromatic N) is 1. The van der Waals surface area contributed by atoms with E-state index in [4.69, 9.17) is 0 Å². The molecule has 0 amide bonds. The van der Waals surface area contributed by atoms with Crippen LogP contribution in [0.5, 0.6) is 0 Å². The second-order valence-corrected chi connectivity index (χ2v) is 6.48. The summed E-state index contributed by atoms with van der Waals surface area (Å²) < 4.78 is 13.9. The third kappa shape index (κ3) is 3.30. The number of rotatable bonds is 2. The lowest BCUT2D eigenvalue weighted by molar-refractivity contribution is 0.268. The van der Waals surface area contributed by atoms with Crippen LogP contribution >= 0.6 is 28.3 Å². The molecule has 0 aromatic heterocycles. The molecule has 2 aliphatic rings. The molecule has 19 heavy (non-hydrogen) atoms. The summed E-state index contributed by atoms with van der Waals surface area (Å²) in [5.41, 5.74) is 1.69. The Morgan fingerprint density at radius 1 is 1.37 bits per heavy atom. The largest absolute Gasteiger partial charge is 0.316 e. The Morgan fingerprint density at radius 3 is 2.89 bits per heavy atom. The van der Waals surface area contributed by atoms with Gasteiger partial charge in [0.1, 0.15) is 5.82 Å². The fourth-order valence-corrected chi connectivity index (χ4v) is 3.67. The predicted octanol–water partition coefficient (Wildman–Crippen LogP) is 3.20.